The Morgan fingerprint density at radius 3 is 2.69 bits per heavy atom. The summed E-state index contributed by atoms with van der Waals surface area (Å²) in [4.78, 5) is 0. The van der Waals surface area contributed by atoms with Gasteiger partial charge in [0.25, 0.3) is 0 Å². The van der Waals surface area contributed by atoms with Crippen LogP contribution in [0.1, 0.15) is 24.4 Å². The monoisotopic (exact) mass is 237 g/mol. The van der Waals surface area contributed by atoms with Crippen molar-refractivity contribution < 1.29 is 0 Å². The molecular formula is C10H12ClN5. The van der Waals surface area contributed by atoms with E-state index in [1.54, 1.807) is 4.68 Å². The van der Waals surface area contributed by atoms with Gasteiger partial charge in [0, 0.05) is 5.02 Å². The lowest BCUT2D eigenvalue weighted by Gasteiger charge is -2.06. The van der Waals surface area contributed by atoms with Gasteiger partial charge >= 0.3 is 0 Å². The van der Waals surface area contributed by atoms with Crippen molar-refractivity contribution in [1.82, 2.24) is 20.2 Å². The molecule has 0 aliphatic rings. The molecular weight excluding hydrogens is 226 g/mol. The van der Waals surface area contributed by atoms with E-state index in [9.17, 15) is 0 Å². The summed E-state index contributed by atoms with van der Waals surface area (Å²) in [6.45, 7) is 2.45. The van der Waals surface area contributed by atoms with E-state index >= 15 is 0 Å². The third-order valence-electron chi connectivity index (χ3n) is 2.21. The maximum absolute atomic E-state index is 5.81. The standard InChI is InChI=1S/C10H12ClN5/c1-7(12)10-13-14-15-16(10)6-8-2-4-9(11)5-3-8/h2-5,7H,6,12H2,1H3. The Balaban J connectivity index is 2.20. The summed E-state index contributed by atoms with van der Waals surface area (Å²) in [5.74, 6) is 0.676. The molecule has 2 rings (SSSR count). The molecule has 0 aliphatic heterocycles. The van der Waals surface area contributed by atoms with E-state index in [1.165, 1.54) is 0 Å². The molecule has 0 fully saturated rings. The van der Waals surface area contributed by atoms with Crippen molar-refractivity contribution in [1.29, 1.82) is 0 Å². The lowest BCUT2D eigenvalue weighted by Crippen LogP contribution is -2.15. The van der Waals surface area contributed by atoms with Gasteiger partial charge in [-0.3, -0.25) is 0 Å². The average Bonchev–Trinajstić information content (AvgIpc) is 2.69. The van der Waals surface area contributed by atoms with Gasteiger partial charge in [-0.2, -0.15) is 0 Å². The van der Waals surface area contributed by atoms with Gasteiger partial charge in [-0.1, -0.05) is 23.7 Å². The maximum Gasteiger partial charge on any atom is 0.168 e. The number of halogens is 1. The molecule has 0 saturated heterocycles. The first kappa shape index (κ1) is 11.0. The number of hydrogen-bond donors (Lipinski definition) is 1. The summed E-state index contributed by atoms with van der Waals surface area (Å²) in [5.41, 5.74) is 6.83. The summed E-state index contributed by atoms with van der Waals surface area (Å²) in [7, 11) is 0. The molecule has 6 heteroatoms. The van der Waals surface area contributed by atoms with E-state index in [1.807, 2.05) is 31.2 Å². The van der Waals surface area contributed by atoms with E-state index in [-0.39, 0.29) is 6.04 Å². The Morgan fingerprint density at radius 2 is 2.06 bits per heavy atom. The number of tetrazole rings is 1. The van der Waals surface area contributed by atoms with Crippen LogP contribution < -0.4 is 5.73 Å². The van der Waals surface area contributed by atoms with Crippen molar-refractivity contribution in [3.05, 3.63) is 40.7 Å². The Kier molecular flexibility index (Phi) is 3.17. The van der Waals surface area contributed by atoms with Crippen molar-refractivity contribution in [2.45, 2.75) is 19.5 Å². The highest BCUT2D eigenvalue weighted by Gasteiger charge is 2.10. The minimum absolute atomic E-state index is 0.178. The topological polar surface area (TPSA) is 69.6 Å². The Bertz CT molecular complexity index is 462. The minimum atomic E-state index is -0.178. The van der Waals surface area contributed by atoms with Crippen LogP contribution in [0.3, 0.4) is 0 Å². The zero-order valence-electron chi connectivity index (χ0n) is 8.84. The average molecular weight is 238 g/mol. The highest BCUT2D eigenvalue weighted by Crippen LogP contribution is 2.12. The molecule has 0 saturated carbocycles. The van der Waals surface area contributed by atoms with Crippen molar-refractivity contribution in [2.24, 2.45) is 5.73 Å². The quantitative estimate of drug-likeness (QED) is 0.876. The van der Waals surface area contributed by atoms with Crippen molar-refractivity contribution in [3.8, 4) is 0 Å². The molecule has 2 N–H and O–H groups in total. The first-order valence-electron chi connectivity index (χ1n) is 4.93. The molecule has 0 spiro atoms. The van der Waals surface area contributed by atoms with Crippen molar-refractivity contribution in [3.63, 3.8) is 0 Å². The fraction of sp³-hybridized carbons (Fsp3) is 0.300. The van der Waals surface area contributed by atoms with Crippen LogP contribution in [0.2, 0.25) is 5.02 Å². The fourth-order valence-electron chi connectivity index (χ4n) is 1.41. The molecule has 1 aromatic carbocycles. The molecule has 16 heavy (non-hydrogen) atoms. The fourth-order valence-corrected chi connectivity index (χ4v) is 1.54. The molecule has 1 aromatic heterocycles. The highest BCUT2D eigenvalue weighted by molar-refractivity contribution is 6.30. The van der Waals surface area contributed by atoms with Gasteiger partial charge in [-0.15, -0.1) is 5.10 Å². The van der Waals surface area contributed by atoms with Gasteiger partial charge in [0.15, 0.2) is 5.82 Å². The first-order chi connectivity index (χ1) is 7.66. The van der Waals surface area contributed by atoms with Crippen LogP contribution in [0.5, 0.6) is 0 Å². The smallest absolute Gasteiger partial charge is 0.168 e. The van der Waals surface area contributed by atoms with E-state index in [4.69, 9.17) is 17.3 Å². The predicted molar refractivity (Wildman–Crippen MR) is 61.0 cm³/mol. The Morgan fingerprint density at radius 1 is 1.38 bits per heavy atom. The second kappa shape index (κ2) is 4.59. The number of benzene rings is 1. The third kappa shape index (κ3) is 2.37. The lowest BCUT2D eigenvalue weighted by molar-refractivity contribution is 0.587. The largest absolute Gasteiger partial charge is 0.322 e. The van der Waals surface area contributed by atoms with Crippen LogP contribution in [0, 0.1) is 0 Å². The van der Waals surface area contributed by atoms with Crippen molar-refractivity contribution >= 4 is 11.6 Å². The highest BCUT2D eigenvalue weighted by atomic mass is 35.5. The lowest BCUT2D eigenvalue weighted by atomic mass is 10.2. The molecule has 1 unspecified atom stereocenters. The van der Waals surface area contributed by atoms with E-state index < -0.39 is 0 Å². The Hall–Kier alpha value is -1.46. The van der Waals surface area contributed by atoms with Gasteiger partial charge in [0.2, 0.25) is 0 Å². The molecule has 1 atom stereocenters. The molecule has 0 radical (unpaired) electrons. The van der Waals surface area contributed by atoms with Crippen LogP contribution in [0.25, 0.3) is 0 Å². The van der Waals surface area contributed by atoms with Gasteiger partial charge in [-0.05, 0) is 35.0 Å². The summed E-state index contributed by atoms with van der Waals surface area (Å²) in [5, 5.41) is 12.1. The van der Waals surface area contributed by atoms with E-state index in [0.717, 1.165) is 5.56 Å². The number of nitrogens with two attached hydrogens (primary N) is 1. The van der Waals surface area contributed by atoms with Gasteiger partial charge in [0.05, 0.1) is 12.6 Å². The second-order valence-corrected chi connectivity index (χ2v) is 4.05. The Labute approximate surface area is 98.2 Å². The molecule has 5 nitrogen and oxygen atoms in total. The zero-order chi connectivity index (χ0) is 11.5. The number of nitrogens with zero attached hydrogens (tertiary/aromatic N) is 4. The molecule has 1 heterocycles. The normalized spacial score (nSPS) is 12.7. The van der Waals surface area contributed by atoms with E-state index in [0.29, 0.717) is 17.4 Å². The molecule has 0 bridgehead atoms. The van der Waals surface area contributed by atoms with Gasteiger partial charge in [0.1, 0.15) is 0 Å². The third-order valence-corrected chi connectivity index (χ3v) is 2.46. The van der Waals surface area contributed by atoms with Crippen LogP contribution in [0.15, 0.2) is 24.3 Å². The van der Waals surface area contributed by atoms with Gasteiger partial charge < -0.3 is 5.73 Å². The number of rotatable bonds is 3. The van der Waals surface area contributed by atoms with E-state index in [2.05, 4.69) is 15.5 Å². The molecule has 0 amide bonds. The van der Waals surface area contributed by atoms with Crippen LogP contribution >= 0.6 is 11.6 Å². The zero-order valence-corrected chi connectivity index (χ0v) is 9.59. The summed E-state index contributed by atoms with van der Waals surface area (Å²) in [6, 6.07) is 7.38. The van der Waals surface area contributed by atoms with Crippen LogP contribution in [0.4, 0.5) is 0 Å². The molecule has 84 valence electrons. The predicted octanol–water partition coefficient (Wildman–Crippen LogP) is 1.39. The minimum Gasteiger partial charge on any atom is -0.322 e. The molecule has 2 aromatic rings. The second-order valence-electron chi connectivity index (χ2n) is 3.61. The number of aromatic nitrogens is 4. The summed E-state index contributed by atoms with van der Waals surface area (Å²) >= 11 is 5.81. The summed E-state index contributed by atoms with van der Waals surface area (Å²) in [6.07, 6.45) is 0. The molecule has 0 aliphatic carbocycles. The maximum atomic E-state index is 5.81. The van der Waals surface area contributed by atoms with Crippen LogP contribution in [-0.2, 0) is 6.54 Å². The van der Waals surface area contributed by atoms with Crippen molar-refractivity contribution in [2.75, 3.05) is 0 Å². The first-order valence-corrected chi connectivity index (χ1v) is 5.30. The SMILES string of the molecule is CC(N)c1nnnn1Cc1ccc(Cl)cc1. The summed E-state index contributed by atoms with van der Waals surface area (Å²) < 4.78 is 1.69. The van der Waals surface area contributed by atoms with Gasteiger partial charge in [-0.25, -0.2) is 4.68 Å². The number of hydrogen-bond acceptors (Lipinski definition) is 4. The van der Waals surface area contributed by atoms with Crippen LogP contribution in [-0.4, -0.2) is 20.2 Å².